The molecule has 0 saturated carbocycles. The van der Waals surface area contributed by atoms with E-state index in [0.717, 1.165) is 27.4 Å². The third-order valence-electron chi connectivity index (χ3n) is 5.67. The molecule has 0 saturated heterocycles. The second kappa shape index (κ2) is 6.03. The molecule has 0 aromatic heterocycles. The van der Waals surface area contributed by atoms with Gasteiger partial charge in [0.1, 0.15) is 5.75 Å². The zero-order valence-electron chi connectivity index (χ0n) is 16.3. The zero-order chi connectivity index (χ0) is 19.4. The molecule has 1 N–H and O–H groups in total. The Balaban J connectivity index is 1.98. The van der Waals surface area contributed by atoms with Gasteiger partial charge in [-0.3, -0.25) is 0 Å². The van der Waals surface area contributed by atoms with E-state index in [-0.39, 0.29) is 0 Å². The van der Waals surface area contributed by atoms with Crippen molar-refractivity contribution in [2.75, 3.05) is 19.0 Å². The van der Waals surface area contributed by atoms with E-state index in [1.165, 1.54) is 22.5 Å². The van der Waals surface area contributed by atoms with E-state index in [2.05, 4.69) is 79.0 Å². The third-order valence-corrected chi connectivity index (χ3v) is 5.67. The Morgan fingerprint density at radius 1 is 0.750 bits per heavy atom. The number of hydrogen-bond acceptors (Lipinski definition) is 2. The second-order valence-corrected chi connectivity index (χ2v) is 7.52. The summed E-state index contributed by atoms with van der Waals surface area (Å²) in [5.74, 6) is 0.323. The van der Waals surface area contributed by atoms with Crippen LogP contribution in [0, 0.1) is 6.92 Å². The summed E-state index contributed by atoms with van der Waals surface area (Å²) >= 11 is 0. The van der Waals surface area contributed by atoms with Gasteiger partial charge in [0, 0.05) is 52.9 Å². The van der Waals surface area contributed by atoms with Gasteiger partial charge >= 0.3 is 0 Å². The van der Waals surface area contributed by atoms with Gasteiger partial charge in [0.05, 0.1) is 5.52 Å². The van der Waals surface area contributed by atoms with Crippen molar-refractivity contribution in [3.63, 3.8) is 0 Å². The standard InChI is InChI=1S/C25H22N2O/c1-16-19-9-6-10-20(19)23-15-24(28)21-7-4-5-8-22(21)25(23)27(16)18-13-11-17(12-14-18)26(2)3/h4-15,28H,1-3H3. The van der Waals surface area contributed by atoms with Gasteiger partial charge in [-0.1, -0.05) is 42.5 Å². The van der Waals surface area contributed by atoms with Crippen molar-refractivity contribution in [2.45, 2.75) is 6.92 Å². The van der Waals surface area contributed by atoms with Crippen LogP contribution in [-0.2, 0) is 0 Å². The number of hydrogen-bond donors (Lipinski definition) is 1. The monoisotopic (exact) mass is 366 g/mol. The molecule has 3 aromatic rings. The summed E-state index contributed by atoms with van der Waals surface area (Å²) in [5.41, 5.74) is 6.99. The molecule has 0 radical (unpaired) electrons. The molecule has 0 fully saturated rings. The van der Waals surface area contributed by atoms with Gasteiger partial charge in [0.25, 0.3) is 0 Å². The molecular formula is C25H22N2O. The summed E-state index contributed by atoms with van der Waals surface area (Å²) in [7, 11) is 4.10. The highest BCUT2D eigenvalue weighted by Gasteiger charge is 2.19. The van der Waals surface area contributed by atoms with Crippen LogP contribution in [0.1, 0.15) is 5.69 Å². The summed E-state index contributed by atoms with van der Waals surface area (Å²) in [6.45, 7) is 2.17. The lowest BCUT2D eigenvalue weighted by atomic mass is 9.96. The quantitative estimate of drug-likeness (QED) is 0.390. The predicted octanol–water partition coefficient (Wildman–Crippen LogP) is 5.97. The summed E-state index contributed by atoms with van der Waals surface area (Å²) < 4.78 is 2.32. The molecule has 0 unspecified atom stereocenters. The van der Waals surface area contributed by atoms with E-state index < -0.39 is 0 Å². The fourth-order valence-corrected chi connectivity index (χ4v) is 4.27. The molecule has 3 nitrogen and oxygen atoms in total. The second-order valence-electron chi connectivity index (χ2n) is 7.52. The molecule has 138 valence electrons. The van der Waals surface area contributed by atoms with Crippen LogP contribution in [-0.4, -0.2) is 23.8 Å². The van der Waals surface area contributed by atoms with E-state index in [1.807, 2.05) is 24.3 Å². The van der Waals surface area contributed by atoms with Crippen LogP contribution in [0.3, 0.4) is 0 Å². The van der Waals surface area contributed by atoms with Crippen LogP contribution < -0.4 is 4.90 Å². The first-order valence-electron chi connectivity index (χ1n) is 9.48. The van der Waals surface area contributed by atoms with Crippen LogP contribution in [0.25, 0.3) is 38.5 Å². The van der Waals surface area contributed by atoms with Crippen molar-refractivity contribution in [1.82, 2.24) is 4.57 Å². The molecule has 0 atom stereocenters. The smallest absolute Gasteiger partial charge is 0.124 e. The van der Waals surface area contributed by atoms with Crippen LogP contribution in [0.15, 0.2) is 72.8 Å². The molecule has 1 heterocycles. The number of rotatable bonds is 2. The van der Waals surface area contributed by atoms with Crippen molar-refractivity contribution in [1.29, 1.82) is 0 Å². The molecule has 3 heteroatoms. The number of pyridine rings is 1. The van der Waals surface area contributed by atoms with E-state index in [0.29, 0.717) is 5.75 Å². The first-order chi connectivity index (χ1) is 13.6. The molecule has 1 aliphatic carbocycles. The van der Waals surface area contributed by atoms with Crippen molar-refractivity contribution >= 4 is 27.4 Å². The minimum Gasteiger partial charge on any atom is -0.507 e. The van der Waals surface area contributed by atoms with Crippen LogP contribution in [0.2, 0.25) is 0 Å². The molecule has 28 heavy (non-hydrogen) atoms. The van der Waals surface area contributed by atoms with Gasteiger partial charge in [-0.2, -0.15) is 0 Å². The van der Waals surface area contributed by atoms with E-state index in [9.17, 15) is 5.11 Å². The maximum absolute atomic E-state index is 10.7. The summed E-state index contributed by atoms with van der Waals surface area (Å²) in [6, 6.07) is 25.0. The Morgan fingerprint density at radius 2 is 1.43 bits per heavy atom. The van der Waals surface area contributed by atoms with Crippen molar-refractivity contribution in [3.8, 4) is 22.6 Å². The highest BCUT2D eigenvalue weighted by molar-refractivity contribution is 6.14. The van der Waals surface area contributed by atoms with Gasteiger partial charge in [0.2, 0.25) is 0 Å². The number of nitrogens with zero attached hydrogens (tertiary/aromatic N) is 2. The van der Waals surface area contributed by atoms with E-state index in [1.54, 1.807) is 0 Å². The SMILES string of the molecule is Cc1c2cccc-2c2cc(O)c3ccccc3c2n1-c1ccc(N(C)C)cc1. The first-order valence-corrected chi connectivity index (χ1v) is 9.48. The Bertz CT molecular complexity index is 1300. The van der Waals surface area contributed by atoms with Crippen LogP contribution >= 0.6 is 0 Å². The fraction of sp³-hybridized carbons (Fsp3) is 0.120. The lowest BCUT2D eigenvalue weighted by molar-refractivity contribution is 0.482. The molecule has 0 amide bonds. The number of aromatic hydroxyl groups is 1. The maximum Gasteiger partial charge on any atom is 0.124 e. The van der Waals surface area contributed by atoms with Crippen molar-refractivity contribution in [2.24, 2.45) is 0 Å². The first kappa shape index (κ1) is 16.7. The van der Waals surface area contributed by atoms with Crippen LogP contribution in [0.4, 0.5) is 5.69 Å². The largest absolute Gasteiger partial charge is 0.507 e. The fourth-order valence-electron chi connectivity index (χ4n) is 4.27. The number of benzene rings is 3. The molecule has 0 spiro atoms. The molecule has 3 aromatic carbocycles. The molecular weight excluding hydrogens is 344 g/mol. The molecule has 0 bridgehead atoms. The molecule has 5 rings (SSSR count). The summed E-state index contributed by atoms with van der Waals surface area (Å²) in [6.07, 6.45) is 0. The Hall–Kier alpha value is -3.46. The highest BCUT2D eigenvalue weighted by atomic mass is 16.3. The predicted molar refractivity (Wildman–Crippen MR) is 118 cm³/mol. The number of fused-ring (bicyclic) bond motifs is 5. The average molecular weight is 366 g/mol. The minimum absolute atomic E-state index is 0.323. The highest BCUT2D eigenvalue weighted by Crippen LogP contribution is 2.42. The van der Waals surface area contributed by atoms with Gasteiger partial charge in [-0.15, -0.1) is 0 Å². The number of phenolic OH excluding ortho intramolecular Hbond substituents is 1. The third kappa shape index (κ3) is 2.29. The Morgan fingerprint density at radius 3 is 2.14 bits per heavy atom. The van der Waals surface area contributed by atoms with Gasteiger partial charge in [-0.25, -0.2) is 0 Å². The lowest BCUT2D eigenvalue weighted by Crippen LogP contribution is -2.09. The molecule has 1 aliphatic heterocycles. The van der Waals surface area contributed by atoms with Gasteiger partial charge in [0.15, 0.2) is 0 Å². The average Bonchev–Trinajstić information content (AvgIpc) is 3.20. The van der Waals surface area contributed by atoms with Crippen molar-refractivity contribution in [3.05, 3.63) is 78.5 Å². The van der Waals surface area contributed by atoms with E-state index >= 15 is 0 Å². The zero-order valence-corrected chi connectivity index (χ0v) is 16.3. The Kier molecular flexibility index (Phi) is 3.59. The van der Waals surface area contributed by atoms with Gasteiger partial charge < -0.3 is 14.6 Å². The minimum atomic E-state index is 0.323. The molecule has 2 aliphatic rings. The van der Waals surface area contributed by atoms with Crippen LogP contribution in [0.5, 0.6) is 5.75 Å². The lowest BCUT2D eigenvalue weighted by Gasteiger charge is -2.22. The summed E-state index contributed by atoms with van der Waals surface area (Å²) in [4.78, 5) is 2.10. The summed E-state index contributed by atoms with van der Waals surface area (Å²) in [5, 5.41) is 13.7. The number of aromatic nitrogens is 1. The Labute approximate surface area is 164 Å². The number of anilines is 1. The van der Waals surface area contributed by atoms with E-state index in [4.69, 9.17) is 0 Å². The topological polar surface area (TPSA) is 28.4 Å². The maximum atomic E-state index is 10.7. The van der Waals surface area contributed by atoms with Gasteiger partial charge in [-0.05, 0) is 42.8 Å². The van der Waals surface area contributed by atoms with Crippen molar-refractivity contribution < 1.29 is 5.11 Å². The number of phenols is 1. The normalized spacial score (nSPS) is 11.5.